The molecule has 10 nitrogen and oxygen atoms in total. The number of hydrogen-bond acceptors (Lipinski definition) is 7. The molecule has 1 spiro atoms. The summed E-state index contributed by atoms with van der Waals surface area (Å²) in [4.78, 5) is 21.5. The lowest BCUT2D eigenvalue weighted by Crippen LogP contribution is -2.53. The minimum Gasteiger partial charge on any atom is -0.370 e. The highest BCUT2D eigenvalue weighted by Crippen LogP contribution is 2.38. The Morgan fingerprint density at radius 3 is 2.22 bits per heavy atom. The summed E-state index contributed by atoms with van der Waals surface area (Å²) < 4.78 is 67.3. The Hall–Kier alpha value is -2.45. The molecule has 3 saturated heterocycles. The number of ether oxygens (including phenoxy) is 2. The van der Waals surface area contributed by atoms with E-state index < -0.39 is 27.6 Å². The second kappa shape index (κ2) is 9.45. The summed E-state index contributed by atoms with van der Waals surface area (Å²) in [6, 6.07) is 2.11. The normalized spacial score (nSPS) is 21.1. The van der Waals surface area contributed by atoms with E-state index in [0.717, 1.165) is 16.4 Å². The van der Waals surface area contributed by atoms with E-state index in [1.807, 2.05) is 4.90 Å². The molecule has 13 heteroatoms. The smallest absolute Gasteiger partial charge is 0.281 e. The maximum atomic E-state index is 14.3. The van der Waals surface area contributed by atoms with Crippen molar-refractivity contribution in [1.82, 2.24) is 18.5 Å². The van der Waals surface area contributed by atoms with Gasteiger partial charge >= 0.3 is 0 Å². The van der Waals surface area contributed by atoms with Crippen LogP contribution in [0.4, 0.5) is 14.5 Å². The fraction of sp³-hybridized carbons (Fsp3) is 0.565. The van der Waals surface area contributed by atoms with Gasteiger partial charge < -0.3 is 19.3 Å². The first-order valence-electron chi connectivity index (χ1n) is 11.9. The molecule has 0 aliphatic carbocycles. The number of nitrogens with zero attached hydrogens (tertiary/aromatic N) is 5. The molecule has 4 heterocycles. The summed E-state index contributed by atoms with van der Waals surface area (Å²) in [5.41, 5.74) is 0.998. The van der Waals surface area contributed by atoms with E-state index in [1.54, 1.807) is 4.90 Å². The molecule has 1 aromatic carbocycles. The lowest BCUT2D eigenvalue weighted by Gasteiger charge is -2.40. The van der Waals surface area contributed by atoms with Crippen LogP contribution in [0, 0.1) is 11.6 Å². The largest absolute Gasteiger partial charge is 0.370 e. The highest BCUT2D eigenvalue weighted by molar-refractivity contribution is 7.86. The first-order valence-corrected chi connectivity index (χ1v) is 13.3. The van der Waals surface area contributed by atoms with Gasteiger partial charge in [-0.2, -0.15) is 17.0 Å². The molecule has 0 bridgehead atoms. The van der Waals surface area contributed by atoms with E-state index in [4.69, 9.17) is 9.47 Å². The SMILES string of the molecule is CN(C)S(=O)(=O)N1CCN(C(=O)c2cnc3cc(F)c(F)cc3c2N2CCC3(CC2)OCCO3)CC1. The Morgan fingerprint density at radius 2 is 1.61 bits per heavy atom. The molecular weight excluding hydrogens is 496 g/mol. The molecule has 36 heavy (non-hydrogen) atoms. The van der Waals surface area contributed by atoms with Gasteiger partial charge in [-0.3, -0.25) is 9.78 Å². The number of fused-ring (bicyclic) bond motifs is 1. The monoisotopic (exact) mass is 525 g/mol. The van der Waals surface area contributed by atoms with Crippen LogP contribution in [0.2, 0.25) is 0 Å². The number of rotatable bonds is 4. The second-order valence-electron chi connectivity index (χ2n) is 9.38. The fourth-order valence-electron chi connectivity index (χ4n) is 5.05. The van der Waals surface area contributed by atoms with Gasteiger partial charge in [-0.05, 0) is 6.07 Å². The number of piperazine rings is 1. The van der Waals surface area contributed by atoms with Gasteiger partial charge in [-0.1, -0.05) is 0 Å². The summed E-state index contributed by atoms with van der Waals surface area (Å²) in [5.74, 6) is -3.01. The van der Waals surface area contributed by atoms with Crippen molar-refractivity contribution >= 4 is 32.7 Å². The van der Waals surface area contributed by atoms with Crippen LogP contribution >= 0.6 is 0 Å². The molecule has 1 amide bonds. The van der Waals surface area contributed by atoms with Crippen molar-refractivity contribution in [2.24, 2.45) is 0 Å². The number of amides is 1. The number of hydrogen-bond donors (Lipinski definition) is 0. The fourth-order valence-corrected chi connectivity index (χ4v) is 6.14. The van der Waals surface area contributed by atoms with Crippen LogP contribution < -0.4 is 4.90 Å². The van der Waals surface area contributed by atoms with E-state index in [1.165, 1.54) is 24.6 Å². The number of anilines is 1. The Balaban J connectivity index is 1.46. The number of halogens is 2. The number of benzene rings is 1. The van der Waals surface area contributed by atoms with Crippen LogP contribution in [-0.4, -0.2) is 105 Å². The average molecular weight is 526 g/mol. The van der Waals surface area contributed by atoms with Crippen molar-refractivity contribution in [2.75, 3.05) is 71.5 Å². The number of aromatic nitrogens is 1. The van der Waals surface area contributed by atoms with E-state index in [2.05, 4.69) is 4.98 Å². The zero-order valence-electron chi connectivity index (χ0n) is 20.2. The number of carbonyl (C=O) groups is 1. The molecule has 1 aromatic heterocycles. The predicted octanol–water partition coefficient (Wildman–Crippen LogP) is 1.42. The van der Waals surface area contributed by atoms with Crippen LogP contribution in [0.15, 0.2) is 18.3 Å². The van der Waals surface area contributed by atoms with Crippen LogP contribution in [0.5, 0.6) is 0 Å². The van der Waals surface area contributed by atoms with Gasteiger partial charge in [-0.25, -0.2) is 8.78 Å². The number of piperidine rings is 1. The Labute approximate surface area is 208 Å². The van der Waals surface area contributed by atoms with Crippen molar-refractivity contribution < 1.29 is 31.5 Å². The van der Waals surface area contributed by atoms with Crippen molar-refractivity contribution in [3.05, 3.63) is 35.5 Å². The molecule has 5 rings (SSSR count). The first-order chi connectivity index (χ1) is 17.1. The molecule has 0 radical (unpaired) electrons. The molecule has 3 aliphatic rings. The Bertz CT molecular complexity index is 1270. The predicted molar refractivity (Wildman–Crippen MR) is 128 cm³/mol. The van der Waals surface area contributed by atoms with Gasteiger partial charge in [0.25, 0.3) is 16.1 Å². The van der Waals surface area contributed by atoms with Crippen molar-refractivity contribution in [2.45, 2.75) is 18.6 Å². The highest BCUT2D eigenvalue weighted by Gasteiger charge is 2.41. The Kier molecular flexibility index (Phi) is 6.62. The minimum absolute atomic E-state index is 0.156. The third-order valence-corrected chi connectivity index (χ3v) is 9.02. The van der Waals surface area contributed by atoms with E-state index in [-0.39, 0.29) is 43.2 Å². The molecule has 2 aromatic rings. The lowest BCUT2D eigenvalue weighted by atomic mass is 9.99. The highest BCUT2D eigenvalue weighted by atomic mass is 32.2. The summed E-state index contributed by atoms with van der Waals surface area (Å²) in [6.45, 7) is 2.76. The second-order valence-corrected chi connectivity index (χ2v) is 11.5. The standard InChI is InChI=1S/C23H29F2N5O5S/c1-27(2)36(32,33)30-9-7-29(8-10-30)22(31)17-15-26-20-14-19(25)18(24)13-16(20)21(17)28-5-3-23(4-6-28)34-11-12-35-23/h13-15H,3-12H2,1-2H3. The minimum atomic E-state index is -3.58. The Morgan fingerprint density at radius 1 is 1.00 bits per heavy atom. The summed E-state index contributed by atoms with van der Waals surface area (Å²) in [5, 5.41) is 0.345. The van der Waals surface area contributed by atoms with Gasteiger partial charge in [0.2, 0.25) is 0 Å². The van der Waals surface area contributed by atoms with Crippen LogP contribution in [0.3, 0.4) is 0 Å². The topological polar surface area (TPSA) is 95.5 Å². The maximum Gasteiger partial charge on any atom is 0.281 e. The lowest BCUT2D eigenvalue weighted by molar-refractivity contribution is -0.169. The van der Waals surface area contributed by atoms with Gasteiger partial charge in [0, 0.05) is 83.9 Å². The van der Waals surface area contributed by atoms with E-state index in [9.17, 15) is 22.0 Å². The van der Waals surface area contributed by atoms with Gasteiger partial charge in [0.05, 0.1) is 30.0 Å². The van der Waals surface area contributed by atoms with Crippen LogP contribution in [0.1, 0.15) is 23.2 Å². The maximum absolute atomic E-state index is 14.3. The summed E-state index contributed by atoms with van der Waals surface area (Å²) in [6.07, 6.45) is 2.53. The molecule has 0 saturated carbocycles. The third kappa shape index (κ3) is 4.43. The van der Waals surface area contributed by atoms with Crippen molar-refractivity contribution in [1.29, 1.82) is 0 Å². The molecule has 0 atom stereocenters. The molecule has 0 N–H and O–H groups in total. The molecule has 0 unspecified atom stereocenters. The third-order valence-electron chi connectivity index (χ3n) is 7.08. The van der Waals surface area contributed by atoms with Crippen molar-refractivity contribution in [3.8, 4) is 0 Å². The van der Waals surface area contributed by atoms with E-state index in [0.29, 0.717) is 50.2 Å². The average Bonchev–Trinajstić information content (AvgIpc) is 3.32. The molecular formula is C23H29F2N5O5S. The zero-order chi connectivity index (χ0) is 25.7. The van der Waals surface area contributed by atoms with E-state index >= 15 is 0 Å². The van der Waals surface area contributed by atoms with Crippen molar-refractivity contribution in [3.63, 3.8) is 0 Å². The summed E-state index contributed by atoms with van der Waals surface area (Å²) in [7, 11) is -0.651. The molecule has 196 valence electrons. The molecule has 3 fully saturated rings. The van der Waals surface area contributed by atoms with Gasteiger partial charge in [0.1, 0.15) is 0 Å². The van der Waals surface area contributed by atoms with Gasteiger partial charge in [-0.15, -0.1) is 0 Å². The quantitative estimate of drug-likeness (QED) is 0.596. The number of carbonyl (C=O) groups excluding carboxylic acids is 1. The van der Waals surface area contributed by atoms with Crippen LogP contribution in [-0.2, 0) is 19.7 Å². The first kappa shape index (κ1) is 25.2. The van der Waals surface area contributed by atoms with Crippen LogP contribution in [0.25, 0.3) is 10.9 Å². The summed E-state index contributed by atoms with van der Waals surface area (Å²) >= 11 is 0. The number of pyridine rings is 1. The van der Waals surface area contributed by atoms with Gasteiger partial charge in [0.15, 0.2) is 17.4 Å². The molecule has 3 aliphatic heterocycles. The zero-order valence-corrected chi connectivity index (χ0v) is 21.1.